The summed E-state index contributed by atoms with van der Waals surface area (Å²) < 4.78 is 29.3. The molecule has 0 unspecified atom stereocenters. The van der Waals surface area contributed by atoms with E-state index in [2.05, 4.69) is 9.97 Å². The summed E-state index contributed by atoms with van der Waals surface area (Å²) in [5.74, 6) is 0.562. The van der Waals surface area contributed by atoms with Crippen molar-refractivity contribution in [3.63, 3.8) is 0 Å². The molecule has 0 bridgehead atoms. The van der Waals surface area contributed by atoms with Crippen LogP contribution in [0.5, 0.6) is 0 Å². The molecular formula is C20H20N6O5S. The van der Waals surface area contributed by atoms with Gasteiger partial charge in [0.05, 0.1) is 44.6 Å². The van der Waals surface area contributed by atoms with Gasteiger partial charge in [-0.2, -0.15) is 0 Å². The molecule has 11 nitrogen and oxygen atoms in total. The van der Waals surface area contributed by atoms with Crippen LogP contribution < -0.4 is 5.56 Å². The SMILES string of the molecule is CCn1c(Cn2cnc3cc([N+](=O)[O-])ccc3c2=O)nc2cc(S(=O)(=O)N(C)C)ccc21. The summed E-state index contributed by atoms with van der Waals surface area (Å²) in [5, 5.41) is 11.2. The molecule has 0 aliphatic rings. The third-order valence-corrected chi connectivity index (χ3v) is 7.04. The number of nitro benzene ring substituents is 1. The maximum Gasteiger partial charge on any atom is 0.271 e. The van der Waals surface area contributed by atoms with Crippen molar-refractivity contribution in [3.05, 3.63) is 69.0 Å². The number of sulfonamides is 1. The maximum absolute atomic E-state index is 12.9. The van der Waals surface area contributed by atoms with Gasteiger partial charge in [-0.05, 0) is 31.2 Å². The van der Waals surface area contributed by atoms with Gasteiger partial charge in [0.1, 0.15) is 5.82 Å². The zero-order valence-electron chi connectivity index (χ0n) is 17.6. The van der Waals surface area contributed by atoms with E-state index in [1.54, 1.807) is 6.07 Å². The van der Waals surface area contributed by atoms with Crippen molar-refractivity contribution in [1.29, 1.82) is 0 Å². The van der Waals surface area contributed by atoms with Crippen LogP contribution in [-0.2, 0) is 23.1 Å². The van der Waals surface area contributed by atoms with Crippen LogP contribution in [0.4, 0.5) is 5.69 Å². The maximum atomic E-state index is 12.9. The second-order valence-electron chi connectivity index (χ2n) is 7.35. The Bertz CT molecular complexity index is 1540. The molecule has 166 valence electrons. The van der Waals surface area contributed by atoms with Crippen molar-refractivity contribution >= 4 is 37.6 Å². The van der Waals surface area contributed by atoms with Crippen molar-refractivity contribution in [3.8, 4) is 0 Å². The number of hydrogen-bond donors (Lipinski definition) is 0. The smallest absolute Gasteiger partial charge is 0.271 e. The Morgan fingerprint density at radius 2 is 1.88 bits per heavy atom. The number of fused-ring (bicyclic) bond motifs is 2. The Morgan fingerprint density at radius 3 is 2.53 bits per heavy atom. The first-order chi connectivity index (χ1) is 15.1. The molecule has 2 aromatic carbocycles. The molecule has 12 heteroatoms. The Morgan fingerprint density at radius 1 is 1.12 bits per heavy atom. The summed E-state index contributed by atoms with van der Waals surface area (Å²) in [6, 6.07) is 8.67. The molecule has 4 rings (SSSR count). The summed E-state index contributed by atoms with van der Waals surface area (Å²) in [4.78, 5) is 32.2. The van der Waals surface area contributed by atoms with E-state index in [1.807, 2.05) is 11.5 Å². The molecule has 0 spiro atoms. The highest BCUT2D eigenvalue weighted by Gasteiger charge is 2.20. The second kappa shape index (κ2) is 7.80. The number of aromatic nitrogens is 4. The third kappa shape index (κ3) is 3.52. The Labute approximate surface area is 182 Å². The van der Waals surface area contributed by atoms with Gasteiger partial charge in [0.2, 0.25) is 10.0 Å². The van der Waals surface area contributed by atoms with Gasteiger partial charge in [-0.3, -0.25) is 19.5 Å². The van der Waals surface area contributed by atoms with E-state index in [0.717, 1.165) is 9.82 Å². The summed E-state index contributed by atoms with van der Waals surface area (Å²) in [5.41, 5.74) is 0.997. The molecule has 0 radical (unpaired) electrons. The lowest BCUT2D eigenvalue weighted by atomic mass is 10.2. The molecule has 0 saturated heterocycles. The predicted molar refractivity (Wildman–Crippen MR) is 118 cm³/mol. The van der Waals surface area contributed by atoms with Gasteiger partial charge in [0.25, 0.3) is 11.2 Å². The van der Waals surface area contributed by atoms with Gasteiger partial charge in [-0.25, -0.2) is 22.7 Å². The summed E-state index contributed by atoms with van der Waals surface area (Å²) >= 11 is 0. The van der Waals surface area contributed by atoms with Gasteiger partial charge in [-0.15, -0.1) is 0 Å². The molecule has 2 aromatic heterocycles. The second-order valence-corrected chi connectivity index (χ2v) is 9.50. The highest BCUT2D eigenvalue weighted by atomic mass is 32.2. The van der Waals surface area contributed by atoms with Crippen LogP contribution >= 0.6 is 0 Å². The number of imidazole rings is 1. The normalized spacial score (nSPS) is 12.1. The molecule has 32 heavy (non-hydrogen) atoms. The zero-order valence-corrected chi connectivity index (χ0v) is 18.4. The highest BCUT2D eigenvalue weighted by molar-refractivity contribution is 7.89. The van der Waals surface area contributed by atoms with Crippen LogP contribution in [0.25, 0.3) is 21.9 Å². The van der Waals surface area contributed by atoms with Crippen LogP contribution in [-0.4, -0.2) is 50.8 Å². The Kier molecular flexibility index (Phi) is 5.26. The standard InChI is InChI=1S/C20H20N6O5S/c1-4-25-18-8-6-14(32(30,31)23(2)3)10-17(18)22-19(25)11-24-12-21-16-9-13(26(28)29)5-7-15(16)20(24)27/h5-10,12H,4,11H2,1-3H3. The van der Waals surface area contributed by atoms with Crippen molar-refractivity contribution < 1.29 is 13.3 Å². The lowest BCUT2D eigenvalue weighted by Gasteiger charge is -2.11. The van der Waals surface area contributed by atoms with E-state index in [-0.39, 0.29) is 33.6 Å². The van der Waals surface area contributed by atoms with Gasteiger partial charge < -0.3 is 4.57 Å². The molecule has 0 N–H and O–H groups in total. The monoisotopic (exact) mass is 456 g/mol. The molecule has 0 aliphatic carbocycles. The van der Waals surface area contributed by atoms with E-state index in [9.17, 15) is 23.3 Å². The van der Waals surface area contributed by atoms with Crippen LogP contribution in [0.2, 0.25) is 0 Å². The largest absolute Gasteiger partial charge is 0.327 e. The molecule has 0 atom stereocenters. The number of hydrogen-bond acceptors (Lipinski definition) is 7. The molecular weight excluding hydrogens is 436 g/mol. The van der Waals surface area contributed by atoms with Crippen molar-refractivity contribution in [2.75, 3.05) is 14.1 Å². The fourth-order valence-electron chi connectivity index (χ4n) is 3.53. The van der Waals surface area contributed by atoms with Crippen LogP contribution in [0.15, 0.2) is 52.4 Å². The number of nitrogens with zero attached hydrogens (tertiary/aromatic N) is 6. The predicted octanol–water partition coefficient (Wildman–Crippen LogP) is 1.97. The van der Waals surface area contributed by atoms with E-state index >= 15 is 0 Å². The van der Waals surface area contributed by atoms with Gasteiger partial charge >= 0.3 is 0 Å². The minimum atomic E-state index is -3.61. The summed E-state index contributed by atoms with van der Waals surface area (Å²) in [6.07, 6.45) is 1.33. The van der Waals surface area contributed by atoms with Gasteiger partial charge in [-0.1, -0.05) is 0 Å². The van der Waals surface area contributed by atoms with Crippen molar-refractivity contribution in [2.45, 2.75) is 24.9 Å². The van der Waals surface area contributed by atoms with Crippen molar-refractivity contribution in [1.82, 2.24) is 23.4 Å². The van der Waals surface area contributed by atoms with E-state index in [4.69, 9.17) is 0 Å². The molecule has 0 fully saturated rings. The van der Waals surface area contributed by atoms with Gasteiger partial charge in [0.15, 0.2) is 0 Å². The van der Waals surface area contributed by atoms with Gasteiger partial charge in [0, 0.05) is 32.8 Å². The first-order valence-corrected chi connectivity index (χ1v) is 11.1. The average molecular weight is 456 g/mol. The Balaban J connectivity index is 1.79. The lowest BCUT2D eigenvalue weighted by molar-refractivity contribution is -0.384. The first-order valence-electron chi connectivity index (χ1n) is 9.68. The molecule has 0 amide bonds. The number of nitro groups is 1. The first kappa shape index (κ1) is 21.6. The minimum absolute atomic E-state index is 0.108. The highest BCUT2D eigenvalue weighted by Crippen LogP contribution is 2.23. The Hall–Kier alpha value is -3.64. The lowest BCUT2D eigenvalue weighted by Crippen LogP contribution is -2.23. The zero-order chi connectivity index (χ0) is 23.2. The quantitative estimate of drug-likeness (QED) is 0.320. The third-order valence-electron chi connectivity index (χ3n) is 5.22. The fourth-order valence-corrected chi connectivity index (χ4v) is 4.45. The van der Waals surface area contributed by atoms with Crippen LogP contribution in [0.3, 0.4) is 0 Å². The van der Waals surface area contributed by atoms with E-state index < -0.39 is 14.9 Å². The molecule has 0 aliphatic heterocycles. The van der Waals surface area contributed by atoms with E-state index in [0.29, 0.717) is 17.9 Å². The number of non-ortho nitro benzene ring substituents is 1. The molecule has 4 aromatic rings. The average Bonchev–Trinajstić information content (AvgIpc) is 3.11. The number of rotatable bonds is 6. The molecule has 2 heterocycles. The topological polar surface area (TPSA) is 133 Å². The number of aryl methyl sites for hydroxylation is 1. The molecule has 0 saturated carbocycles. The summed E-state index contributed by atoms with van der Waals surface area (Å²) in [7, 11) is -0.684. The van der Waals surface area contributed by atoms with Crippen LogP contribution in [0.1, 0.15) is 12.7 Å². The fraction of sp³-hybridized carbons (Fsp3) is 0.250. The van der Waals surface area contributed by atoms with Crippen molar-refractivity contribution in [2.24, 2.45) is 0 Å². The van der Waals surface area contributed by atoms with E-state index in [1.165, 1.54) is 55.3 Å². The number of benzene rings is 2. The minimum Gasteiger partial charge on any atom is -0.327 e. The summed E-state index contributed by atoms with van der Waals surface area (Å²) in [6.45, 7) is 2.60. The van der Waals surface area contributed by atoms with Crippen LogP contribution in [0, 0.1) is 10.1 Å².